The Bertz CT molecular complexity index is 864. The number of rotatable bonds is 5. The number of amides is 3. The van der Waals surface area contributed by atoms with Crippen LogP contribution < -0.4 is 15.4 Å². The number of nitrogens with one attached hydrogen (secondary N) is 2. The van der Waals surface area contributed by atoms with Crippen molar-refractivity contribution in [3.63, 3.8) is 0 Å². The Morgan fingerprint density at radius 1 is 1.11 bits per heavy atom. The van der Waals surface area contributed by atoms with Gasteiger partial charge in [0.1, 0.15) is 5.75 Å². The molecule has 1 aliphatic rings. The molecule has 0 radical (unpaired) electrons. The number of ether oxygens (including phenoxy) is 1. The van der Waals surface area contributed by atoms with Gasteiger partial charge in [0.25, 0.3) is 0 Å². The fourth-order valence-corrected chi connectivity index (χ4v) is 3.32. The summed E-state index contributed by atoms with van der Waals surface area (Å²) in [6.07, 6.45) is 0.835. The zero-order chi connectivity index (χ0) is 20.1. The Labute approximate surface area is 165 Å². The maximum Gasteiger partial charge on any atom is 0.323 e. The van der Waals surface area contributed by atoms with E-state index < -0.39 is 0 Å². The first kappa shape index (κ1) is 19.7. The van der Waals surface area contributed by atoms with Crippen LogP contribution in [0.25, 0.3) is 0 Å². The maximum atomic E-state index is 12.4. The SMILES string of the molecule is CCOc1ccccc1NC(=O)Nc1ccc2c(c1)CN(C(=O)C(C)C)CC2. The fraction of sp³-hybridized carbons (Fsp3) is 0.364. The summed E-state index contributed by atoms with van der Waals surface area (Å²) < 4.78 is 5.54. The van der Waals surface area contributed by atoms with E-state index in [0.717, 1.165) is 18.5 Å². The molecule has 1 aliphatic heterocycles. The molecule has 6 nitrogen and oxygen atoms in total. The van der Waals surface area contributed by atoms with E-state index in [1.165, 1.54) is 5.56 Å². The van der Waals surface area contributed by atoms with Gasteiger partial charge in [-0.15, -0.1) is 0 Å². The van der Waals surface area contributed by atoms with E-state index in [1.807, 2.05) is 62.1 Å². The van der Waals surface area contributed by atoms with Gasteiger partial charge in [-0.1, -0.05) is 32.0 Å². The van der Waals surface area contributed by atoms with Crippen LogP contribution in [-0.4, -0.2) is 30.0 Å². The molecule has 0 saturated carbocycles. The molecule has 3 rings (SSSR count). The second-order valence-corrected chi connectivity index (χ2v) is 7.16. The molecular weight excluding hydrogens is 354 g/mol. The number of carbonyl (C=O) groups is 2. The van der Waals surface area contributed by atoms with Crippen molar-refractivity contribution in [2.45, 2.75) is 33.7 Å². The van der Waals surface area contributed by atoms with Crippen molar-refractivity contribution < 1.29 is 14.3 Å². The molecule has 0 aliphatic carbocycles. The average molecular weight is 381 g/mol. The molecule has 0 aromatic heterocycles. The molecule has 0 bridgehead atoms. The first-order valence-corrected chi connectivity index (χ1v) is 9.68. The highest BCUT2D eigenvalue weighted by Crippen LogP contribution is 2.26. The minimum atomic E-state index is -0.335. The molecule has 0 saturated heterocycles. The predicted octanol–water partition coefficient (Wildman–Crippen LogP) is 4.27. The van der Waals surface area contributed by atoms with Crippen molar-refractivity contribution in [2.24, 2.45) is 5.92 Å². The zero-order valence-electron chi connectivity index (χ0n) is 16.6. The van der Waals surface area contributed by atoms with Gasteiger partial charge in [-0.05, 0) is 48.7 Å². The van der Waals surface area contributed by atoms with E-state index >= 15 is 0 Å². The monoisotopic (exact) mass is 381 g/mol. The van der Waals surface area contributed by atoms with Gasteiger partial charge in [0, 0.05) is 24.7 Å². The first-order chi connectivity index (χ1) is 13.5. The Morgan fingerprint density at radius 3 is 2.64 bits per heavy atom. The summed E-state index contributed by atoms with van der Waals surface area (Å²) in [6.45, 7) is 7.58. The Morgan fingerprint density at radius 2 is 1.89 bits per heavy atom. The molecule has 1 heterocycles. The molecule has 0 unspecified atom stereocenters. The maximum absolute atomic E-state index is 12.4. The van der Waals surface area contributed by atoms with Gasteiger partial charge in [0.2, 0.25) is 5.91 Å². The van der Waals surface area contributed by atoms with E-state index in [-0.39, 0.29) is 17.9 Å². The summed E-state index contributed by atoms with van der Waals surface area (Å²) in [5.74, 6) is 0.779. The predicted molar refractivity (Wildman–Crippen MR) is 111 cm³/mol. The number of hydrogen-bond acceptors (Lipinski definition) is 3. The van der Waals surface area contributed by atoms with Gasteiger partial charge in [0.15, 0.2) is 0 Å². The number of carbonyl (C=O) groups excluding carboxylic acids is 2. The number of fused-ring (bicyclic) bond motifs is 1. The van der Waals surface area contributed by atoms with E-state index in [9.17, 15) is 9.59 Å². The summed E-state index contributed by atoms with van der Waals surface area (Å²) >= 11 is 0. The normalized spacial score (nSPS) is 13.1. The standard InChI is InChI=1S/C22H27N3O3/c1-4-28-20-8-6-5-7-19(20)24-22(27)23-18-10-9-16-11-12-25(14-17(16)13-18)21(26)15(2)3/h5-10,13,15H,4,11-12,14H2,1-3H3,(H2,23,24,27). The molecule has 0 spiro atoms. The Balaban J connectivity index is 1.68. The lowest BCUT2D eigenvalue weighted by Crippen LogP contribution is -2.38. The number of urea groups is 1. The summed E-state index contributed by atoms with van der Waals surface area (Å²) in [4.78, 5) is 26.6. The van der Waals surface area contributed by atoms with Crippen LogP contribution in [0.2, 0.25) is 0 Å². The smallest absolute Gasteiger partial charge is 0.323 e. The van der Waals surface area contributed by atoms with E-state index in [1.54, 1.807) is 6.07 Å². The zero-order valence-corrected chi connectivity index (χ0v) is 16.6. The summed E-state index contributed by atoms with van der Waals surface area (Å²) in [7, 11) is 0. The van der Waals surface area contributed by atoms with Gasteiger partial charge in [-0.25, -0.2) is 4.79 Å². The topological polar surface area (TPSA) is 70.7 Å². The van der Waals surface area contributed by atoms with Crippen LogP contribution in [0.15, 0.2) is 42.5 Å². The minimum absolute atomic E-state index is 0.0148. The number of para-hydroxylation sites is 2. The summed E-state index contributed by atoms with van der Waals surface area (Å²) in [5, 5.41) is 5.69. The molecule has 6 heteroatoms. The van der Waals surface area contributed by atoms with Gasteiger partial charge in [0.05, 0.1) is 12.3 Å². The first-order valence-electron chi connectivity index (χ1n) is 9.68. The third-order valence-corrected chi connectivity index (χ3v) is 4.72. The molecule has 3 amide bonds. The second kappa shape index (κ2) is 8.78. The van der Waals surface area contributed by atoms with Crippen LogP contribution in [0.5, 0.6) is 5.75 Å². The van der Waals surface area contributed by atoms with Crippen molar-refractivity contribution in [2.75, 3.05) is 23.8 Å². The summed E-state index contributed by atoms with van der Waals surface area (Å²) in [5.41, 5.74) is 3.62. The van der Waals surface area contributed by atoms with E-state index in [2.05, 4.69) is 10.6 Å². The third kappa shape index (κ3) is 4.63. The van der Waals surface area contributed by atoms with Crippen molar-refractivity contribution in [3.8, 4) is 5.75 Å². The van der Waals surface area contributed by atoms with Crippen molar-refractivity contribution >= 4 is 23.3 Å². The molecule has 0 fully saturated rings. The Kier molecular flexibility index (Phi) is 6.19. The minimum Gasteiger partial charge on any atom is -0.492 e. The number of nitrogens with zero attached hydrogens (tertiary/aromatic N) is 1. The Hall–Kier alpha value is -3.02. The lowest BCUT2D eigenvalue weighted by atomic mass is 9.98. The van der Waals surface area contributed by atoms with Crippen LogP contribution >= 0.6 is 0 Å². The molecule has 0 atom stereocenters. The highest BCUT2D eigenvalue weighted by Gasteiger charge is 2.22. The van der Waals surface area contributed by atoms with E-state index in [0.29, 0.717) is 30.3 Å². The summed E-state index contributed by atoms with van der Waals surface area (Å²) in [6, 6.07) is 12.9. The highest BCUT2D eigenvalue weighted by atomic mass is 16.5. The van der Waals surface area contributed by atoms with Gasteiger partial charge < -0.3 is 20.3 Å². The second-order valence-electron chi connectivity index (χ2n) is 7.16. The average Bonchev–Trinajstić information content (AvgIpc) is 2.68. The van der Waals surface area contributed by atoms with Crippen LogP contribution in [0, 0.1) is 5.92 Å². The van der Waals surface area contributed by atoms with Crippen LogP contribution in [-0.2, 0) is 17.8 Å². The van der Waals surface area contributed by atoms with Crippen LogP contribution in [0.4, 0.5) is 16.2 Å². The fourth-order valence-electron chi connectivity index (χ4n) is 3.32. The number of benzene rings is 2. The quantitative estimate of drug-likeness (QED) is 0.812. The molecular formula is C22H27N3O3. The molecule has 2 aromatic carbocycles. The number of hydrogen-bond donors (Lipinski definition) is 2. The van der Waals surface area contributed by atoms with Crippen molar-refractivity contribution in [1.29, 1.82) is 0 Å². The van der Waals surface area contributed by atoms with Gasteiger partial charge >= 0.3 is 6.03 Å². The van der Waals surface area contributed by atoms with E-state index in [4.69, 9.17) is 4.74 Å². The van der Waals surface area contributed by atoms with Gasteiger partial charge in [-0.3, -0.25) is 4.79 Å². The molecule has 2 N–H and O–H groups in total. The van der Waals surface area contributed by atoms with Crippen molar-refractivity contribution in [1.82, 2.24) is 4.90 Å². The highest BCUT2D eigenvalue weighted by molar-refractivity contribution is 6.00. The lowest BCUT2D eigenvalue weighted by Gasteiger charge is -2.30. The van der Waals surface area contributed by atoms with Gasteiger partial charge in [-0.2, -0.15) is 0 Å². The molecule has 2 aromatic rings. The lowest BCUT2D eigenvalue weighted by molar-refractivity contribution is -0.135. The van der Waals surface area contributed by atoms with Crippen LogP contribution in [0.3, 0.4) is 0 Å². The van der Waals surface area contributed by atoms with Crippen LogP contribution in [0.1, 0.15) is 31.9 Å². The largest absolute Gasteiger partial charge is 0.492 e. The molecule has 148 valence electrons. The molecule has 28 heavy (non-hydrogen) atoms. The number of anilines is 2. The third-order valence-electron chi connectivity index (χ3n) is 4.72. The van der Waals surface area contributed by atoms with Crippen molar-refractivity contribution in [3.05, 3.63) is 53.6 Å².